The van der Waals surface area contributed by atoms with Crippen LogP contribution in [0, 0.1) is 21.8 Å². The van der Waals surface area contributed by atoms with Crippen molar-refractivity contribution in [3.05, 3.63) is 61.7 Å². The average Bonchev–Trinajstić information content (AvgIpc) is 2.67. The van der Waals surface area contributed by atoms with Gasteiger partial charge in [-0.1, -0.05) is 23.7 Å². The first kappa shape index (κ1) is 21.7. The summed E-state index contributed by atoms with van der Waals surface area (Å²) >= 11 is 8.00. The molecule has 0 fully saturated rings. The minimum absolute atomic E-state index is 0.0570. The van der Waals surface area contributed by atoms with Crippen LogP contribution in [-0.4, -0.2) is 25.6 Å². The Morgan fingerprint density at radius 2 is 2.04 bits per heavy atom. The maximum absolute atomic E-state index is 12.5. The number of rotatable bonds is 6. The molecule has 0 aliphatic heterocycles. The largest absolute Gasteiger partial charge is 0.481 e. The fraction of sp³-hybridized carbons (Fsp3) is 0.150. The van der Waals surface area contributed by atoms with Gasteiger partial charge < -0.3 is 14.8 Å². The van der Waals surface area contributed by atoms with Crippen LogP contribution in [0.1, 0.15) is 11.1 Å². The number of nitrogens with one attached hydrogen (secondary N) is 1. The molecular formula is C20H16ClIN2O4. The zero-order valence-corrected chi connectivity index (χ0v) is 18.0. The Balaban J connectivity index is 2.18. The number of carbonyl (C=O) groups is 2. The molecule has 2 aromatic carbocycles. The van der Waals surface area contributed by atoms with Crippen LogP contribution in [0.25, 0.3) is 6.08 Å². The number of nitriles is 1. The number of amides is 1. The zero-order chi connectivity index (χ0) is 20.7. The van der Waals surface area contributed by atoms with Gasteiger partial charge in [-0.05, 0) is 71.0 Å². The van der Waals surface area contributed by atoms with E-state index in [0.717, 1.165) is 9.13 Å². The van der Waals surface area contributed by atoms with Crippen molar-refractivity contribution in [1.29, 1.82) is 5.26 Å². The molecule has 0 radical (unpaired) electrons. The van der Waals surface area contributed by atoms with E-state index in [1.54, 1.807) is 36.4 Å². The summed E-state index contributed by atoms with van der Waals surface area (Å²) in [6.07, 6.45) is 1.47. The summed E-state index contributed by atoms with van der Waals surface area (Å²) in [7, 11) is 1.28. The highest BCUT2D eigenvalue weighted by molar-refractivity contribution is 14.1. The topological polar surface area (TPSA) is 88.4 Å². The molecule has 6 nitrogen and oxygen atoms in total. The number of nitrogens with zero attached hydrogens (tertiary/aromatic N) is 1. The van der Waals surface area contributed by atoms with Crippen LogP contribution < -0.4 is 10.1 Å². The number of halogens is 2. The Labute approximate surface area is 181 Å². The van der Waals surface area contributed by atoms with E-state index < -0.39 is 11.9 Å². The molecular weight excluding hydrogens is 495 g/mol. The molecule has 8 heteroatoms. The molecule has 0 atom stereocenters. The summed E-state index contributed by atoms with van der Waals surface area (Å²) in [5, 5.41) is 12.6. The molecule has 0 aromatic heterocycles. The molecule has 144 valence electrons. The van der Waals surface area contributed by atoms with Gasteiger partial charge in [-0.2, -0.15) is 5.26 Å². The first-order valence-electron chi connectivity index (χ1n) is 8.02. The molecule has 0 aliphatic carbocycles. The first-order chi connectivity index (χ1) is 13.3. The van der Waals surface area contributed by atoms with Crippen LogP contribution in [0.5, 0.6) is 5.75 Å². The number of esters is 1. The van der Waals surface area contributed by atoms with E-state index in [1.807, 2.05) is 35.6 Å². The molecule has 0 bridgehead atoms. The molecule has 0 unspecified atom stereocenters. The van der Waals surface area contributed by atoms with Crippen molar-refractivity contribution in [2.45, 2.75) is 6.92 Å². The van der Waals surface area contributed by atoms with Gasteiger partial charge in [0.05, 0.1) is 10.7 Å². The number of anilines is 1. The van der Waals surface area contributed by atoms with Gasteiger partial charge in [-0.3, -0.25) is 4.79 Å². The second kappa shape index (κ2) is 10.1. The predicted molar refractivity (Wildman–Crippen MR) is 115 cm³/mol. The number of methoxy groups -OCH3 is 1. The summed E-state index contributed by atoms with van der Waals surface area (Å²) in [5.41, 5.74) is 1.96. The highest BCUT2D eigenvalue weighted by Crippen LogP contribution is 2.24. The number of benzene rings is 2. The van der Waals surface area contributed by atoms with E-state index in [-0.39, 0.29) is 12.2 Å². The van der Waals surface area contributed by atoms with Crippen LogP contribution in [0.3, 0.4) is 0 Å². The van der Waals surface area contributed by atoms with E-state index in [9.17, 15) is 14.9 Å². The average molecular weight is 511 g/mol. The quantitative estimate of drug-likeness (QED) is 0.270. The van der Waals surface area contributed by atoms with E-state index in [1.165, 1.54) is 13.2 Å². The molecule has 0 heterocycles. The van der Waals surface area contributed by atoms with E-state index in [2.05, 4.69) is 10.1 Å². The molecule has 2 rings (SSSR count). The third-order valence-corrected chi connectivity index (χ3v) is 4.73. The van der Waals surface area contributed by atoms with Crippen molar-refractivity contribution in [3.63, 3.8) is 0 Å². The molecule has 2 aromatic rings. The van der Waals surface area contributed by atoms with Crippen LogP contribution in [0.4, 0.5) is 5.69 Å². The SMILES string of the molecule is COC(=O)COc1ccc(/C=C(\C#N)C(=O)Nc2cc(Cl)ccc2C)cc1I. The maximum Gasteiger partial charge on any atom is 0.343 e. The van der Waals surface area contributed by atoms with Gasteiger partial charge in [-0.15, -0.1) is 0 Å². The number of hydrogen-bond acceptors (Lipinski definition) is 5. The summed E-state index contributed by atoms with van der Waals surface area (Å²) in [4.78, 5) is 23.6. The Bertz CT molecular complexity index is 983. The predicted octanol–water partition coefficient (Wildman–Crippen LogP) is 4.35. The monoisotopic (exact) mass is 510 g/mol. The number of hydrogen-bond donors (Lipinski definition) is 1. The summed E-state index contributed by atoms with van der Waals surface area (Å²) < 4.78 is 10.6. The van der Waals surface area contributed by atoms with Crippen LogP contribution in [0.2, 0.25) is 5.02 Å². The minimum atomic E-state index is -0.533. The van der Waals surface area contributed by atoms with Crippen LogP contribution in [0.15, 0.2) is 42.0 Å². The third-order valence-electron chi connectivity index (χ3n) is 3.65. The molecule has 1 amide bonds. The standard InChI is InChI=1S/C20H16ClIN2O4/c1-12-3-5-15(21)9-17(12)24-20(26)14(10-23)7-13-4-6-18(16(22)8-13)28-11-19(25)27-2/h3-9H,11H2,1-2H3,(H,24,26)/b14-7+. The third kappa shape index (κ3) is 5.97. The molecule has 0 aliphatic rings. The van der Waals surface area contributed by atoms with Crippen LogP contribution >= 0.6 is 34.2 Å². The zero-order valence-electron chi connectivity index (χ0n) is 15.1. The van der Waals surface area contributed by atoms with Gasteiger partial charge >= 0.3 is 5.97 Å². The Hall–Kier alpha value is -2.57. The fourth-order valence-corrected chi connectivity index (χ4v) is 3.02. The lowest BCUT2D eigenvalue weighted by molar-refractivity contribution is -0.142. The smallest absolute Gasteiger partial charge is 0.343 e. The van der Waals surface area contributed by atoms with Crippen molar-refractivity contribution in [2.75, 3.05) is 19.0 Å². The summed E-state index contributed by atoms with van der Waals surface area (Å²) in [5.74, 6) is -0.519. The molecule has 0 spiro atoms. The Morgan fingerprint density at radius 1 is 1.29 bits per heavy atom. The van der Waals surface area contributed by atoms with Gasteiger partial charge in [0.1, 0.15) is 17.4 Å². The normalized spacial score (nSPS) is 10.8. The lowest BCUT2D eigenvalue weighted by Crippen LogP contribution is -2.14. The number of carbonyl (C=O) groups excluding carboxylic acids is 2. The summed E-state index contributed by atoms with van der Waals surface area (Å²) in [6, 6.07) is 12.1. The second-order valence-electron chi connectivity index (χ2n) is 5.64. The van der Waals surface area contributed by atoms with Gasteiger partial charge in [-0.25, -0.2) is 4.79 Å². The summed E-state index contributed by atoms with van der Waals surface area (Å²) in [6.45, 7) is 1.63. The van der Waals surface area contributed by atoms with Crippen LogP contribution in [-0.2, 0) is 14.3 Å². The van der Waals surface area contributed by atoms with Gasteiger partial charge in [0.25, 0.3) is 5.91 Å². The number of aryl methyl sites for hydroxylation is 1. The van der Waals surface area contributed by atoms with Gasteiger partial charge in [0.2, 0.25) is 0 Å². The second-order valence-corrected chi connectivity index (χ2v) is 7.24. The van der Waals surface area contributed by atoms with Gasteiger partial charge in [0.15, 0.2) is 6.61 Å². The molecule has 0 saturated carbocycles. The Morgan fingerprint density at radius 3 is 2.68 bits per heavy atom. The number of ether oxygens (including phenoxy) is 2. The van der Waals surface area contributed by atoms with E-state index in [0.29, 0.717) is 22.0 Å². The lowest BCUT2D eigenvalue weighted by Gasteiger charge is -2.09. The minimum Gasteiger partial charge on any atom is -0.481 e. The molecule has 28 heavy (non-hydrogen) atoms. The van der Waals surface area contributed by atoms with Crippen molar-refractivity contribution >= 4 is 57.8 Å². The van der Waals surface area contributed by atoms with Crippen molar-refractivity contribution in [1.82, 2.24) is 0 Å². The first-order valence-corrected chi connectivity index (χ1v) is 9.48. The van der Waals surface area contributed by atoms with Crippen molar-refractivity contribution < 1.29 is 19.1 Å². The van der Waals surface area contributed by atoms with E-state index >= 15 is 0 Å². The lowest BCUT2D eigenvalue weighted by atomic mass is 10.1. The Kier molecular flexibility index (Phi) is 7.84. The van der Waals surface area contributed by atoms with Crippen molar-refractivity contribution in [3.8, 4) is 11.8 Å². The highest BCUT2D eigenvalue weighted by Gasteiger charge is 2.12. The molecule has 0 saturated heterocycles. The fourth-order valence-electron chi connectivity index (χ4n) is 2.15. The van der Waals surface area contributed by atoms with Crippen molar-refractivity contribution in [2.24, 2.45) is 0 Å². The van der Waals surface area contributed by atoms with Gasteiger partial charge in [0, 0.05) is 10.7 Å². The van der Waals surface area contributed by atoms with E-state index in [4.69, 9.17) is 16.3 Å². The maximum atomic E-state index is 12.5. The molecule has 1 N–H and O–H groups in total. The highest BCUT2D eigenvalue weighted by atomic mass is 127.